The van der Waals surface area contributed by atoms with Crippen LogP contribution in [0.4, 0.5) is 5.69 Å². The number of sulfonamides is 2. The van der Waals surface area contributed by atoms with E-state index >= 15 is 0 Å². The second kappa shape index (κ2) is 6.11. The fourth-order valence-electron chi connectivity index (χ4n) is 1.69. The summed E-state index contributed by atoms with van der Waals surface area (Å²) in [7, 11) is -3.35. The van der Waals surface area contributed by atoms with Gasteiger partial charge in [-0.2, -0.15) is 13.5 Å². The maximum atomic E-state index is 12.3. The van der Waals surface area contributed by atoms with Crippen molar-refractivity contribution in [3.63, 3.8) is 0 Å². The number of rotatable bonds is 5. The minimum absolute atomic E-state index is 0.0414. The van der Waals surface area contributed by atoms with Gasteiger partial charge in [-0.05, 0) is 24.3 Å². The molecule has 0 aliphatic heterocycles. The number of halogens is 1. The van der Waals surface area contributed by atoms with Crippen molar-refractivity contribution in [3.05, 3.63) is 35.5 Å². The largest absolute Gasteiger partial charge is 0.281 e. The average molecular weight is 379 g/mol. The van der Waals surface area contributed by atoms with Gasteiger partial charge in [-0.1, -0.05) is 11.6 Å². The van der Waals surface area contributed by atoms with E-state index in [-0.39, 0.29) is 20.6 Å². The minimum Gasteiger partial charge on any atom is -0.277 e. The molecule has 23 heavy (non-hydrogen) atoms. The van der Waals surface area contributed by atoms with Crippen LogP contribution in [0.2, 0.25) is 5.02 Å². The third-order valence-electron chi connectivity index (χ3n) is 2.93. The molecule has 0 bridgehead atoms. The predicted molar refractivity (Wildman–Crippen MR) is 86.3 cm³/mol. The van der Waals surface area contributed by atoms with E-state index in [1.165, 1.54) is 43.2 Å². The van der Waals surface area contributed by atoms with Crippen LogP contribution in [0.3, 0.4) is 0 Å². The number of nitrogens with zero attached hydrogens (tertiary/aromatic N) is 3. The standard InChI is InChI=1S/C12H15ClN4O4S2/c1-16(2)23(20,21)9-4-5-10(13)11(8-9)15-22(18,19)12-6-7-17(3)14-12/h4-8,15H,1-3H3. The molecule has 1 N–H and O–H groups in total. The highest BCUT2D eigenvalue weighted by molar-refractivity contribution is 7.92. The van der Waals surface area contributed by atoms with E-state index in [4.69, 9.17) is 11.6 Å². The zero-order chi connectivity index (χ0) is 17.4. The van der Waals surface area contributed by atoms with Crippen LogP contribution in [0.25, 0.3) is 0 Å². The average Bonchev–Trinajstić information content (AvgIpc) is 2.88. The first-order valence-electron chi connectivity index (χ1n) is 6.28. The summed E-state index contributed by atoms with van der Waals surface area (Å²) >= 11 is 5.96. The van der Waals surface area contributed by atoms with Gasteiger partial charge in [0, 0.05) is 27.3 Å². The first-order chi connectivity index (χ1) is 10.5. The summed E-state index contributed by atoms with van der Waals surface area (Å²) < 4.78 is 53.4. The summed E-state index contributed by atoms with van der Waals surface area (Å²) in [6.07, 6.45) is 1.48. The van der Waals surface area contributed by atoms with Crippen molar-refractivity contribution in [3.8, 4) is 0 Å². The van der Waals surface area contributed by atoms with Crippen molar-refractivity contribution in [2.45, 2.75) is 9.92 Å². The van der Waals surface area contributed by atoms with Crippen LogP contribution >= 0.6 is 11.6 Å². The molecule has 0 amide bonds. The first kappa shape index (κ1) is 17.7. The van der Waals surface area contributed by atoms with Gasteiger partial charge in [-0.3, -0.25) is 9.40 Å². The van der Waals surface area contributed by atoms with Crippen LogP contribution in [0, 0.1) is 0 Å². The van der Waals surface area contributed by atoms with Crippen molar-refractivity contribution in [2.75, 3.05) is 18.8 Å². The molecule has 126 valence electrons. The monoisotopic (exact) mass is 378 g/mol. The van der Waals surface area contributed by atoms with Crippen LogP contribution in [-0.2, 0) is 27.1 Å². The summed E-state index contributed by atoms with van der Waals surface area (Å²) in [6.45, 7) is 0. The van der Waals surface area contributed by atoms with E-state index in [0.717, 1.165) is 10.4 Å². The molecule has 0 aliphatic carbocycles. The smallest absolute Gasteiger partial charge is 0.277 e. The van der Waals surface area contributed by atoms with Gasteiger partial charge >= 0.3 is 0 Å². The molecule has 2 aromatic rings. The molecular weight excluding hydrogens is 364 g/mol. The number of hydrogen-bond acceptors (Lipinski definition) is 5. The van der Waals surface area contributed by atoms with Gasteiger partial charge in [-0.15, -0.1) is 0 Å². The third kappa shape index (κ3) is 3.66. The highest BCUT2D eigenvalue weighted by Crippen LogP contribution is 2.28. The third-order valence-corrected chi connectivity index (χ3v) is 6.32. The fourth-order valence-corrected chi connectivity index (χ4v) is 3.88. The van der Waals surface area contributed by atoms with Gasteiger partial charge < -0.3 is 0 Å². The van der Waals surface area contributed by atoms with Gasteiger partial charge in [0.1, 0.15) is 0 Å². The molecule has 8 nitrogen and oxygen atoms in total. The lowest BCUT2D eigenvalue weighted by Gasteiger charge is -2.14. The van der Waals surface area contributed by atoms with Crippen LogP contribution in [0.1, 0.15) is 0 Å². The highest BCUT2D eigenvalue weighted by Gasteiger charge is 2.22. The SMILES string of the molecule is CN(C)S(=O)(=O)c1ccc(Cl)c(NS(=O)(=O)c2ccn(C)n2)c1. The normalized spacial score (nSPS) is 12.6. The number of aromatic nitrogens is 2. The summed E-state index contributed by atoms with van der Waals surface area (Å²) in [5.74, 6) is 0. The Morgan fingerprint density at radius 1 is 1.17 bits per heavy atom. The quantitative estimate of drug-likeness (QED) is 0.840. The van der Waals surface area contributed by atoms with Crippen molar-refractivity contribution in [1.82, 2.24) is 14.1 Å². The lowest BCUT2D eigenvalue weighted by Crippen LogP contribution is -2.22. The summed E-state index contributed by atoms with van der Waals surface area (Å²) in [4.78, 5) is -0.0781. The van der Waals surface area contributed by atoms with E-state index in [1.54, 1.807) is 7.05 Å². The van der Waals surface area contributed by atoms with Crippen LogP contribution in [0.5, 0.6) is 0 Å². The lowest BCUT2D eigenvalue weighted by molar-refractivity contribution is 0.521. The summed E-state index contributed by atoms with van der Waals surface area (Å²) in [6, 6.07) is 5.10. The second-order valence-electron chi connectivity index (χ2n) is 4.86. The molecule has 1 aromatic carbocycles. The Bertz CT molecular complexity index is 936. The minimum atomic E-state index is -3.97. The number of nitrogens with one attached hydrogen (secondary N) is 1. The van der Waals surface area contributed by atoms with E-state index < -0.39 is 20.0 Å². The van der Waals surface area contributed by atoms with E-state index in [1.807, 2.05) is 0 Å². The molecule has 11 heteroatoms. The summed E-state index contributed by atoms with van der Waals surface area (Å²) in [5.41, 5.74) is -0.0414. The zero-order valence-corrected chi connectivity index (χ0v) is 14.9. The number of anilines is 1. The Hall–Kier alpha value is -1.62. The van der Waals surface area contributed by atoms with Gasteiger partial charge in [-0.25, -0.2) is 12.7 Å². The molecule has 2 rings (SSSR count). The zero-order valence-electron chi connectivity index (χ0n) is 12.6. The molecule has 0 aliphatic rings. The second-order valence-corrected chi connectivity index (χ2v) is 9.05. The van der Waals surface area contributed by atoms with Gasteiger partial charge in [0.15, 0.2) is 5.03 Å². The molecule has 0 saturated carbocycles. The molecule has 1 heterocycles. The maximum Gasteiger partial charge on any atom is 0.281 e. The summed E-state index contributed by atoms with van der Waals surface area (Å²) in [5, 5.41) is 3.68. The van der Waals surface area contributed by atoms with Crippen molar-refractivity contribution in [2.24, 2.45) is 7.05 Å². The van der Waals surface area contributed by atoms with Gasteiger partial charge in [0.05, 0.1) is 15.6 Å². The van der Waals surface area contributed by atoms with Crippen LogP contribution in [0.15, 0.2) is 40.4 Å². The molecule has 0 saturated heterocycles. The molecule has 0 unspecified atom stereocenters. The Labute approximate surface area is 139 Å². The Balaban J connectivity index is 2.45. The lowest BCUT2D eigenvalue weighted by atomic mass is 10.3. The van der Waals surface area contributed by atoms with E-state index in [0.29, 0.717) is 0 Å². The maximum absolute atomic E-state index is 12.3. The Morgan fingerprint density at radius 2 is 1.83 bits per heavy atom. The Kier molecular flexibility index (Phi) is 4.71. The van der Waals surface area contributed by atoms with Gasteiger partial charge in [0.25, 0.3) is 10.0 Å². The highest BCUT2D eigenvalue weighted by atomic mass is 35.5. The molecule has 0 radical (unpaired) electrons. The van der Waals surface area contributed by atoms with Crippen LogP contribution < -0.4 is 4.72 Å². The van der Waals surface area contributed by atoms with Crippen molar-refractivity contribution in [1.29, 1.82) is 0 Å². The van der Waals surface area contributed by atoms with Gasteiger partial charge in [0.2, 0.25) is 10.0 Å². The number of benzene rings is 1. The molecule has 0 spiro atoms. The topological polar surface area (TPSA) is 101 Å². The molecule has 1 aromatic heterocycles. The Morgan fingerprint density at radius 3 is 2.35 bits per heavy atom. The number of hydrogen-bond donors (Lipinski definition) is 1. The molecule has 0 atom stereocenters. The van der Waals surface area contributed by atoms with Crippen molar-refractivity contribution < 1.29 is 16.8 Å². The molecular formula is C12H15ClN4O4S2. The first-order valence-corrected chi connectivity index (χ1v) is 9.59. The fraction of sp³-hybridized carbons (Fsp3) is 0.250. The number of aryl methyl sites for hydroxylation is 1. The van der Waals surface area contributed by atoms with Crippen LogP contribution in [-0.4, -0.2) is 45.0 Å². The van der Waals surface area contributed by atoms with Crippen molar-refractivity contribution >= 4 is 37.3 Å². The molecule has 0 fully saturated rings. The van der Waals surface area contributed by atoms with E-state index in [9.17, 15) is 16.8 Å². The van der Waals surface area contributed by atoms with E-state index in [2.05, 4.69) is 9.82 Å². The predicted octanol–water partition coefficient (Wildman–Crippen LogP) is 1.12.